The van der Waals surface area contributed by atoms with Crippen molar-refractivity contribution in [2.75, 3.05) is 37.6 Å². The Hall–Kier alpha value is -1.51. The van der Waals surface area contributed by atoms with Crippen LogP contribution in [0.2, 0.25) is 0 Å². The van der Waals surface area contributed by atoms with Crippen LogP contribution in [0.25, 0.3) is 0 Å². The standard InChI is InChI=1S/C13H20F3N5S/c14-13(15,16)3-1-2-4-18-11(17)20-6-8-21(9-7-20)12-19-5-10-22-12/h5,10H,1-4,6-9H2,(H2,17,18). The Labute approximate surface area is 131 Å². The normalized spacial score (nSPS) is 17.1. The van der Waals surface area contributed by atoms with Gasteiger partial charge in [0.15, 0.2) is 11.1 Å². The fourth-order valence-electron chi connectivity index (χ4n) is 2.23. The lowest BCUT2D eigenvalue weighted by atomic mass is 10.2. The third-order valence-corrected chi connectivity index (χ3v) is 4.27. The first-order valence-electron chi connectivity index (χ1n) is 7.22. The van der Waals surface area contributed by atoms with E-state index in [4.69, 9.17) is 5.73 Å². The summed E-state index contributed by atoms with van der Waals surface area (Å²) in [5.74, 6) is 0.422. The minimum absolute atomic E-state index is 0.0953. The van der Waals surface area contributed by atoms with Crippen LogP contribution in [-0.2, 0) is 0 Å². The van der Waals surface area contributed by atoms with Gasteiger partial charge >= 0.3 is 6.18 Å². The fourth-order valence-corrected chi connectivity index (χ4v) is 2.93. The molecule has 0 spiro atoms. The topological polar surface area (TPSA) is 57.8 Å². The number of alkyl halides is 3. The van der Waals surface area contributed by atoms with Gasteiger partial charge in [-0.05, 0) is 12.8 Å². The number of hydrogen-bond acceptors (Lipinski definition) is 4. The van der Waals surface area contributed by atoms with Crippen molar-refractivity contribution in [3.63, 3.8) is 0 Å². The van der Waals surface area contributed by atoms with Gasteiger partial charge in [-0.25, -0.2) is 4.98 Å². The molecule has 5 nitrogen and oxygen atoms in total. The Kier molecular flexibility index (Phi) is 5.87. The maximum absolute atomic E-state index is 12.0. The van der Waals surface area contributed by atoms with Crippen molar-refractivity contribution in [1.82, 2.24) is 9.88 Å². The second-order valence-corrected chi connectivity index (χ2v) is 5.97. The fraction of sp³-hybridized carbons (Fsp3) is 0.692. The molecule has 0 radical (unpaired) electrons. The van der Waals surface area contributed by atoms with E-state index in [9.17, 15) is 13.2 Å². The SMILES string of the molecule is NC(=NCCCCC(F)(F)F)N1CCN(c2nccs2)CC1. The van der Waals surface area contributed by atoms with Crippen LogP contribution in [0.15, 0.2) is 16.6 Å². The summed E-state index contributed by atoms with van der Waals surface area (Å²) >= 11 is 1.60. The average Bonchev–Trinajstić information content (AvgIpc) is 3.00. The molecule has 1 aliphatic rings. The number of halogens is 3. The molecular formula is C13H20F3N5S. The van der Waals surface area contributed by atoms with Crippen LogP contribution < -0.4 is 10.6 Å². The summed E-state index contributed by atoms with van der Waals surface area (Å²) in [7, 11) is 0. The first-order chi connectivity index (χ1) is 10.5. The third-order valence-electron chi connectivity index (χ3n) is 3.44. The minimum Gasteiger partial charge on any atom is -0.370 e. The van der Waals surface area contributed by atoms with Crippen LogP contribution in [0.1, 0.15) is 19.3 Å². The first kappa shape index (κ1) is 16.9. The molecule has 9 heteroatoms. The molecule has 0 bridgehead atoms. The average molecular weight is 335 g/mol. The van der Waals surface area contributed by atoms with Gasteiger partial charge in [0.1, 0.15) is 0 Å². The van der Waals surface area contributed by atoms with Gasteiger partial charge in [-0.2, -0.15) is 13.2 Å². The largest absolute Gasteiger partial charge is 0.389 e. The number of nitrogens with two attached hydrogens (primary N) is 1. The number of piperazine rings is 1. The second kappa shape index (κ2) is 7.66. The van der Waals surface area contributed by atoms with Crippen molar-refractivity contribution in [2.45, 2.75) is 25.4 Å². The van der Waals surface area contributed by atoms with Gasteiger partial charge in [0.2, 0.25) is 0 Å². The molecule has 22 heavy (non-hydrogen) atoms. The van der Waals surface area contributed by atoms with Gasteiger partial charge in [-0.3, -0.25) is 4.99 Å². The third kappa shape index (κ3) is 5.36. The molecule has 124 valence electrons. The molecule has 1 fully saturated rings. The number of guanidine groups is 1. The van der Waals surface area contributed by atoms with E-state index < -0.39 is 12.6 Å². The summed E-state index contributed by atoms with van der Waals surface area (Å²) in [6.45, 7) is 3.47. The number of hydrogen-bond donors (Lipinski definition) is 1. The highest BCUT2D eigenvalue weighted by molar-refractivity contribution is 7.13. The Morgan fingerprint density at radius 2 is 2.00 bits per heavy atom. The number of unbranched alkanes of at least 4 members (excludes halogenated alkanes) is 1. The van der Waals surface area contributed by atoms with E-state index in [1.54, 1.807) is 17.5 Å². The van der Waals surface area contributed by atoms with Crippen LogP contribution in [0, 0.1) is 0 Å². The predicted molar refractivity (Wildman–Crippen MR) is 82.3 cm³/mol. The molecule has 0 aliphatic carbocycles. The van der Waals surface area contributed by atoms with Crippen molar-refractivity contribution in [1.29, 1.82) is 0 Å². The molecule has 1 aromatic heterocycles. The van der Waals surface area contributed by atoms with E-state index in [0.717, 1.165) is 31.3 Å². The molecule has 1 aliphatic heterocycles. The van der Waals surface area contributed by atoms with E-state index in [0.29, 0.717) is 18.9 Å². The van der Waals surface area contributed by atoms with Crippen LogP contribution in [-0.4, -0.2) is 54.7 Å². The van der Waals surface area contributed by atoms with E-state index >= 15 is 0 Å². The zero-order valence-electron chi connectivity index (χ0n) is 12.2. The zero-order chi connectivity index (χ0) is 16.0. The molecule has 2 heterocycles. The summed E-state index contributed by atoms with van der Waals surface area (Å²) in [6.07, 6.45) is -2.56. The molecule has 1 saturated heterocycles. The molecule has 2 rings (SSSR count). The molecule has 0 saturated carbocycles. The second-order valence-electron chi connectivity index (χ2n) is 5.10. The van der Waals surface area contributed by atoms with E-state index in [1.807, 2.05) is 10.3 Å². The Morgan fingerprint density at radius 1 is 1.27 bits per heavy atom. The minimum atomic E-state index is -4.08. The monoisotopic (exact) mass is 335 g/mol. The molecule has 2 N–H and O–H groups in total. The lowest BCUT2D eigenvalue weighted by Gasteiger charge is -2.35. The van der Waals surface area contributed by atoms with Crippen LogP contribution in [0.3, 0.4) is 0 Å². The highest BCUT2D eigenvalue weighted by atomic mass is 32.1. The summed E-state index contributed by atoms with van der Waals surface area (Å²) in [4.78, 5) is 12.6. The first-order valence-corrected chi connectivity index (χ1v) is 8.10. The van der Waals surface area contributed by atoms with Gasteiger partial charge in [0, 0.05) is 50.7 Å². The van der Waals surface area contributed by atoms with Gasteiger partial charge in [-0.15, -0.1) is 11.3 Å². The molecule has 0 unspecified atom stereocenters. The van der Waals surface area contributed by atoms with Crippen molar-refractivity contribution >= 4 is 22.4 Å². The quantitative estimate of drug-likeness (QED) is 0.510. The molecule has 1 aromatic rings. The number of anilines is 1. The van der Waals surface area contributed by atoms with E-state index in [2.05, 4.69) is 14.9 Å². The number of thiazole rings is 1. The van der Waals surface area contributed by atoms with Crippen molar-refractivity contribution < 1.29 is 13.2 Å². The van der Waals surface area contributed by atoms with Crippen molar-refractivity contribution in [2.24, 2.45) is 10.7 Å². The zero-order valence-corrected chi connectivity index (χ0v) is 13.0. The summed E-state index contributed by atoms with van der Waals surface area (Å²) in [5.41, 5.74) is 5.90. The maximum atomic E-state index is 12.0. The Balaban J connectivity index is 1.68. The predicted octanol–water partition coefficient (Wildman–Crippen LogP) is 2.31. The summed E-state index contributed by atoms with van der Waals surface area (Å²) in [5, 5.41) is 2.95. The summed E-state index contributed by atoms with van der Waals surface area (Å²) < 4.78 is 36.0. The molecular weight excluding hydrogens is 315 g/mol. The van der Waals surface area contributed by atoms with Crippen LogP contribution in [0.4, 0.5) is 18.3 Å². The van der Waals surface area contributed by atoms with Crippen molar-refractivity contribution in [3.05, 3.63) is 11.6 Å². The van der Waals surface area contributed by atoms with Gasteiger partial charge in [0.25, 0.3) is 0 Å². The highest BCUT2D eigenvalue weighted by Gasteiger charge is 2.25. The van der Waals surface area contributed by atoms with Gasteiger partial charge in [-0.1, -0.05) is 0 Å². The van der Waals surface area contributed by atoms with Crippen molar-refractivity contribution in [3.8, 4) is 0 Å². The molecule has 0 amide bonds. The van der Waals surface area contributed by atoms with Crippen LogP contribution >= 0.6 is 11.3 Å². The molecule has 0 aromatic carbocycles. The van der Waals surface area contributed by atoms with Gasteiger partial charge < -0.3 is 15.5 Å². The van der Waals surface area contributed by atoms with E-state index in [1.165, 1.54) is 0 Å². The lowest BCUT2D eigenvalue weighted by molar-refractivity contribution is -0.135. The number of rotatable bonds is 5. The van der Waals surface area contributed by atoms with E-state index in [-0.39, 0.29) is 6.42 Å². The number of aromatic nitrogens is 1. The lowest BCUT2D eigenvalue weighted by Crippen LogP contribution is -2.51. The number of aliphatic imine (C=N–C) groups is 1. The maximum Gasteiger partial charge on any atom is 0.389 e. The Morgan fingerprint density at radius 3 is 2.59 bits per heavy atom. The molecule has 0 atom stereocenters. The van der Waals surface area contributed by atoms with Gasteiger partial charge in [0.05, 0.1) is 0 Å². The van der Waals surface area contributed by atoms with Crippen LogP contribution in [0.5, 0.6) is 0 Å². The Bertz CT molecular complexity index is 467. The number of nitrogens with zero attached hydrogens (tertiary/aromatic N) is 4. The highest BCUT2D eigenvalue weighted by Crippen LogP contribution is 2.22. The smallest absolute Gasteiger partial charge is 0.370 e. The summed E-state index contributed by atoms with van der Waals surface area (Å²) in [6, 6.07) is 0.